The number of hydrogen-bond donors (Lipinski definition) is 2. The Hall–Kier alpha value is -2.85. The van der Waals surface area contributed by atoms with Crippen molar-refractivity contribution in [2.75, 3.05) is 11.9 Å². The van der Waals surface area contributed by atoms with E-state index in [0.29, 0.717) is 36.4 Å². The van der Waals surface area contributed by atoms with Crippen molar-refractivity contribution in [3.63, 3.8) is 0 Å². The molecule has 0 aromatic carbocycles. The van der Waals surface area contributed by atoms with Crippen molar-refractivity contribution in [2.45, 2.75) is 20.0 Å². The fraction of sp³-hybridized carbons (Fsp3) is 0.267. The largest absolute Gasteiger partial charge is 0.376 e. The van der Waals surface area contributed by atoms with E-state index in [9.17, 15) is 9.59 Å². The quantitative estimate of drug-likeness (QED) is 0.726. The summed E-state index contributed by atoms with van der Waals surface area (Å²) in [7, 11) is 0. The summed E-state index contributed by atoms with van der Waals surface area (Å²) in [5.41, 5.74) is 1.50. The molecule has 1 aliphatic heterocycles. The predicted octanol–water partition coefficient (Wildman–Crippen LogP) is 1.51. The van der Waals surface area contributed by atoms with E-state index in [1.54, 1.807) is 6.92 Å². The van der Waals surface area contributed by atoms with Gasteiger partial charge in [0, 0.05) is 10.9 Å². The van der Waals surface area contributed by atoms with Crippen LogP contribution in [0, 0.1) is 6.92 Å². The Morgan fingerprint density at radius 1 is 1.40 bits per heavy atom. The molecule has 9 nitrogen and oxygen atoms in total. The first-order valence-corrected chi connectivity index (χ1v) is 8.33. The van der Waals surface area contributed by atoms with E-state index in [4.69, 9.17) is 9.26 Å². The van der Waals surface area contributed by atoms with Crippen LogP contribution in [0.15, 0.2) is 21.5 Å². The molecule has 4 rings (SSSR count). The van der Waals surface area contributed by atoms with E-state index in [1.165, 1.54) is 23.5 Å². The van der Waals surface area contributed by atoms with Gasteiger partial charge in [-0.2, -0.15) is 10.1 Å². The summed E-state index contributed by atoms with van der Waals surface area (Å²) in [5.74, 6) is 0.441. The maximum atomic E-state index is 12.4. The van der Waals surface area contributed by atoms with Gasteiger partial charge in [-0.05, 0) is 25.0 Å². The van der Waals surface area contributed by atoms with Gasteiger partial charge in [0.1, 0.15) is 10.7 Å². The smallest absolute Gasteiger partial charge is 0.276 e. The van der Waals surface area contributed by atoms with E-state index >= 15 is 0 Å². The van der Waals surface area contributed by atoms with Crippen molar-refractivity contribution in [3.8, 4) is 11.5 Å². The van der Waals surface area contributed by atoms with Crippen LogP contribution in [0.1, 0.15) is 26.8 Å². The molecule has 0 unspecified atom stereocenters. The molecule has 4 heterocycles. The summed E-state index contributed by atoms with van der Waals surface area (Å²) in [5, 5.41) is 13.2. The minimum atomic E-state index is -0.437. The Kier molecular flexibility index (Phi) is 3.90. The Balaban J connectivity index is 1.73. The van der Waals surface area contributed by atoms with Crippen LogP contribution < -0.4 is 10.9 Å². The van der Waals surface area contributed by atoms with Gasteiger partial charge >= 0.3 is 0 Å². The third kappa shape index (κ3) is 2.96. The van der Waals surface area contributed by atoms with Gasteiger partial charge in [-0.1, -0.05) is 5.16 Å². The Labute approximate surface area is 145 Å². The predicted molar refractivity (Wildman–Crippen MR) is 88.5 cm³/mol. The standard InChI is InChI=1S/C15H13N5O4S/c1-7-16-14(24-20-7)12-8-4-5-23-6-10(8)25-15(12)17-13(22)9-2-3-11(21)19-18-9/h2-3H,4-6H2,1H3,(H,17,22)(H,19,21). The van der Waals surface area contributed by atoms with Crippen molar-refractivity contribution in [1.82, 2.24) is 20.3 Å². The molecule has 25 heavy (non-hydrogen) atoms. The van der Waals surface area contributed by atoms with Gasteiger partial charge in [0.05, 0.1) is 18.8 Å². The van der Waals surface area contributed by atoms with Crippen LogP contribution in [0.2, 0.25) is 0 Å². The topological polar surface area (TPSA) is 123 Å². The van der Waals surface area contributed by atoms with Crippen molar-refractivity contribution in [3.05, 3.63) is 44.4 Å². The average molecular weight is 359 g/mol. The fourth-order valence-corrected chi connectivity index (χ4v) is 3.76. The van der Waals surface area contributed by atoms with Gasteiger partial charge in [0.25, 0.3) is 17.4 Å². The van der Waals surface area contributed by atoms with E-state index in [-0.39, 0.29) is 11.3 Å². The van der Waals surface area contributed by atoms with E-state index in [1.807, 2.05) is 0 Å². The molecule has 0 fully saturated rings. The van der Waals surface area contributed by atoms with Crippen molar-refractivity contribution < 1.29 is 14.1 Å². The number of carbonyl (C=O) groups is 1. The third-order valence-corrected chi connectivity index (χ3v) is 4.82. The molecule has 1 amide bonds. The number of ether oxygens (including phenoxy) is 1. The number of thiophene rings is 1. The second kappa shape index (κ2) is 6.22. The highest BCUT2D eigenvalue weighted by atomic mass is 32.1. The highest BCUT2D eigenvalue weighted by Gasteiger charge is 2.27. The molecular weight excluding hydrogens is 346 g/mol. The minimum absolute atomic E-state index is 0.106. The molecule has 128 valence electrons. The van der Waals surface area contributed by atoms with Gasteiger partial charge in [0.2, 0.25) is 0 Å². The second-order valence-corrected chi connectivity index (χ2v) is 6.52. The number of fused-ring (bicyclic) bond motifs is 1. The lowest BCUT2D eigenvalue weighted by Gasteiger charge is -2.12. The van der Waals surface area contributed by atoms with Crippen LogP contribution >= 0.6 is 11.3 Å². The Morgan fingerprint density at radius 2 is 2.28 bits per heavy atom. The molecule has 0 radical (unpaired) electrons. The Morgan fingerprint density at radius 3 is 3.00 bits per heavy atom. The molecule has 2 N–H and O–H groups in total. The molecule has 0 spiro atoms. The molecule has 0 saturated heterocycles. The first kappa shape index (κ1) is 15.7. The number of aryl methyl sites for hydroxylation is 1. The van der Waals surface area contributed by atoms with Crippen LogP contribution in [-0.2, 0) is 17.8 Å². The molecule has 0 bridgehead atoms. The zero-order valence-corrected chi connectivity index (χ0v) is 14.0. The molecule has 1 aliphatic rings. The van der Waals surface area contributed by atoms with Gasteiger partial charge in [-0.15, -0.1) is 11.3 Å². The van der Waals surface area contributed by atoms with E-state index in [2.05, 4.69) is 25.7 Å². The van der Waals surface area contributed by atoms with Gasteiger partial charge in [-0.25, -0.2) is 5.10 Å². The number of nitrogens with zero attached hydrogens (tertiary/aromatic N) is 3. The zero-order chi connectivity index (χ0) is 17.4. The molecule has 10 heteroatoms. The first-order chi connectivity index (χ1) is 12.1. The average Bonchev–Trinajstić information content (AvgIpc) is 3.18. The zero-order valence-electron chi connectivity index (χ0n) is 13.2. The minimum Gasteiger partial charge on any atom is -0.376 e. The number of nitrogens with one attached hydrogen (secondary N) is 2. The summed E-state index contributed by atoms with van der Waals surface area (Å²) in [4.78, 5) is 28.8. The second-order valence-electron chi connectivity index (χ2n) is 5.42. The molecule has 3 aromatic heterocycles. The van der Waals surface area contributed by atoms with Crippen LogP contribution in [0.4, 0.5) is 5.00 Å². The summed E-state index contributed by atoms with van der Waals surface area (Å²) in [6.45, 7) is 2.81. The van der Waals surface area contributed by atoms with Crippen molar-refractivity contribution in [1.29, 1.82) is 0 Å². The third-order valence-electron chi connectivity index (χ3n) is 3.70. The lowest BCUT2D eigenvalue weighted by molar-refractivity contribution is 0.102. The number of aromatic amines is 1. The van der Waals surface area contributed by atoms with Crippen LogP contribution in [0.3, 0.4) is 0 Å². The van der Waals surface area contributed by atoms with E-state index in [0.717, 1.165) is 16.0 Å². The van der Waals surface area contributed by atoms with Gasteiger partial charge < -0.3 is 14.6 Å². The number of anilines is 1. The number of hydrogen-bond acceptors (Lipinski definition) is 8. The number of carbonyl (C=O) groups excluding carboxylic acids is 1. The molecule has 0 saturated carbocycles. The molecule has 0 aliphatic carbocycles. The highest BCUT2D eigenvalue weighted by Crippen LogP contribution is 2.42. The molecule has 0 atom stereocenters. The van der Waals surface area contributed by atoms with Crippen molar-refractivity contribution >= 4 is 22.2 Å². The maximum Gasteiger partial charge on any atom is 0.276 e. The fourth-order valence-electron chi connectivity index (χ4n) is 2.58. The van der Waals surface area contributed by atoms with Crippen LogP contribution in [0.25, 0.3) is 11.5 Å². The molecular formula is C15H13N5O4S. The SMILES string of the molecule is Cc1noc(-c2c(NC(=O)c3ccc(=O)[nH]n3)sc3c2CCOC3)n1. The maximum absolute atomic E-state index is 12.4. The number of H-pyrrole nitrogens is 1. The number of amides is 1. The summed E-state index contributed by atoms with van der Waals surface area (Å²) < 4.78 is 10.8. The summed E-state index contributed by atoms with van der Waals surface area (Å²) in [6, 6.07) is 2.61. The summed E-state index contributed by atoms with van der Waals surface area (Å²) in [6.07, 6.45) is 0.704. The number of rotatable bonds is 3. The van der Waals surface area contributed by atoms with Crippen LogP contribution in [0.5, 0.6) is 0 Å². The number of aromatic nitrogens is 4. The van der Waals surface area contributed by atoms with Gasteiger partial charge in [0.15, 0.2) is 5.82 Å². The normalized spacial score (nSPS) is 13.5. The lowest BCUT2D eigenvalue weighted by atomic mass is 10.1. The van der Waals surface area contributed by atoms with Gasteiger partial charge in [-0.3, -0.25) is 9.59 Å². The monoisotopic (exact) mass is 359 g/mol. The lowest BCUT2D eigenvalue weighted by Crippen LogP contribution is -2.17. The van der Waals surface area contributed by atoms with E-state index < -0.39 is 5.91 Å². The molecule has 3 aromatic rings. The highest BCUT2D eigenvalue weighted by molar-refractivity contribution is 7.17. The Bertz CT molecular complexity index is 985. The summed E-state index contributed by atoms with van der Waals surface area (Å²) >= 11 is 1.41. The first-order valence-electron chi connectivity index (χ1n) is 7.52. The van der Waals surface area contributed by atoms with Crippen molar-refractivity contribution in [2.24, 2.45) is 0 Å². The van der Waals surface area contributed by atoms with Crippen LogP contribution in [-0.4, -0.2) is 32.9 Å².